The van der Waals surface area contributed by atoms with Crippen LogP contribution in [0.1, 0.15) is 47.4 Å². The van der Waals surface area contributed by atoms with Crippen molar-refractivity contribution in [1.82, 2.24) is 4.98 Å². The van der Waals surface area contributed by atoms with E-state index < -0.39 is 5.97 Å². The largest absolute Gasteiger partial charge is 0.477 e. The molecule has 1 aromatic rings. The number of H-pyrrole nitrogens is 1. The van der Waals surface area contributed by atoms with Gasteiger partial charge in [-0.2, -0.15) is 11.8 Å². The van der Waals surface area contributed by atoms with E-state index in [-0.39, 0.29) is 0 Å². The number of aromatic carboxylic acids is 1. The van der Waals surface area contributed by atoms with E-state index in [0.29, 0.717) is 11.6 Å². The molecule has 0 atom stereocenters. The first-order valence-electron chi connectivity index (χ1n) is 5.75. The van der Waals surface area contributed by atoms with Crippen LogP contribution in [0.5, 0.6) is 0 Å². The number of thioether (sulfide) groups is 1. The van der Waals surface area contributed by atoms with Crippen molar-refractivity contribution >= 4 is 17.7 Å². The van der Waals surface area contributed by atoms with Crippen LogP contribution >= 0.6 is 11.8 Å². The number of aromatic amines is 1. The van der Waals surface area contributed by atoms with Gasteiger partial charge in [-0.05, 0) is 48.3 Å². The number of carboxylic acid groups (broad SMARTS) is 1. The maximum absolute atomic E-state index is 11.2. The summed E-state index contributed by atoms with van der Waals surface area (Å²) in [4.78, 5) is 14.2. The van der Waals surface area contributed by atoms with E-state index in [1.54, 1.807) is 0 Å². The van der Waals surface area contributed by atoms with Crippen LogP contribution in [-0.2, 0) is 6.42 Å². The molecule has 1 fully saturated rings. The monoisotopic (exact) mass is 239 g/mol. The molecule has 4 heteroatoms. The van der Waals surface area contributed by atoms with Crippen molar-refractivity contribution < 1.29 is 9.90 Å². The smallest absolute Gasteiger partial charge is 0.352 e. The van der Waals surface area contributed by atoms with Crippen LogP contribution in [0, 0.1) is 0 Å². The van der Waals surface area contributed by atoms with Crippen LogP contribution < -0.4 is 0 Å². The Morgan fingerprint density at radius 2 is 2.25 bits per heavy atom. The molecule has 2 rings (SSSR count). The summed E-state index contributed by atoms with van der Waals surface area (Å²) < 4.78 is 0. The Hall–Kier alpha value is -0.900. The topological polar surface area (TPSA) is 53.1 Å². The molecule has 1 aliphatic heterocycles. The van der Waals surface area contributed by atoms with Crippen LogP contribution in [0.15, 0.2) is 6.07 Å². The summed E-state index contributed by atoms with van der Waals surface area (Å²) in [5.41, 5.74) is 2.46. The van der Waals surface area contributed by atoms with E-state index in [1.807, 2.05) is 24.8 Å². The molecule has 0 amide bonds. The summed E-state index contributed by atoms with van der Waals surface area (Å²) in [6.45, 7) is 2.04. The highest BCUT2D eigenvalue weighted by Gasteiger charge is 2.23. The van der Waals surface area contributed by atoms with Crippen LogP contribution in [0.2, 0.25) is 0 Å². The fourth-order valence-corrected chi connectivity index (χ4v) is 3.33. The Bertz CT molecular complexity index is 380. The minimum Gasteiger partial charge on any atom is -0.477 e. The van der Waals surface area contributed by atoms with Gasteiger partial charge in [0.2, 0.25) is 0 Å². The van der Waals surface area contributed by atoms with Crippen molar-refractivity contribution in [2.75, 3.05) is 11.5 Å². The zero-order chi connectivity index (χ0) is 11.5. The number of carbonyl (C=O) groups is 1. The molecule has 0 saturated carbocycles. The van der Waals surface area contributed by atoms with E-state index >= 15 is 0 Å². The molecule has 0 spiro atoms. The van der Waals surface area contributed by atoms with Crippen LogP contribution in [0.3, 0.4) is 0 Å². The number of nitrogens with one attached hydrogen (secondary N) is 1. The molecule has 1 saturated heterocycles. The molecule has 0 aliphatic carbocycles. The average molecular weight is 239 g/mol. The Morgan fingerprint density at radius 1 is 1.56 bits per heavy atom. The van der Waals surface area contributed by atoms with Gasteiger partial charge in [0, 0.05) is 5.69 Å². The molecule has 1 aliphatic rings. The van der Waals surface area contributed by atoms with Gasteiger partial charge < -0.3 is 10.1 Å². The molecule has 0 aromatic carbocycles. The van der Waals surface area contributed by atoms with E-state index in [1.165, 1.54) is 0 Å². The SMILES string of the molecule is CCc1cc(C2CCSCC2)c(C(=O)O)[nH]1. The van der Waals surface area contributed by atoms with Crippen LogP contribution in [0.4, 0.5) is 0 Å². The first kappa shape index (κ1) is 11.6. The van der Waals surface area contributed by atoms with Gasteiger partial charge >= 0.3 is 5.97 Å². The Kier molecular flexibility index (Phi) is 3.59. The lowest BCUT2D eigenvalue weighted by molar-refractivity contribution is 0.0689. The third-order valence-corrected chi connectivity index (χ3v) is 4.21. The van der Waals surface area contributed by atoms with Gasteiger partial charge in [-0.1, -0.05) is 6.92 Å². The van der Waals surface area contributed by atoms with Gasteiger partial charge in [0.1, 0.15) is 5.69 Å². The van der Waals surface area contributed by atoms with Crippen molar-refractivity contribution in [3.63, 3.8) is 0 Å². The lowest BCUT2D eigenvalue weighted by Gasteiger charge is -2.21. The highest BCUT2D eigenvalue weighted by Crippen LogP contribution is 2.33. The molecule has 16 heavy (non-hydrogen) atoms. The second-order valence-corrected chi connectivity index (χ2v) is 5.40. The highest BCUT2D eigenvalue weighted by atomic mass is 32.2. The predicted molar refractivity (Wildman–Crippen MR) is 66.4 cm³/mol. The summed E-state index contributed by atoms with van der Waals surface area (Å²) in [5, 5.41) is 9.17. The number of aromatic nitrogens is 1. The van der Waals surface area contributed by atoms with Gasteiger partial charge in [-0.3, -0.25) is 0 Å². The second kappa shape index (κ2) is 4.95. The minimum absolute atomic E-state index is 0.411. The lowest BCUT2D eigenvalue weighted by Crippen LogP contribution is -2.11. The predicted octanol–water partition coefficient (Wildman–Crippen LogP) is 2.89. The van der Waals surface area contributed by atoms with Gasteiger partial charge in [0.05, 0.1) is 0 Å². The Balaban J connectivity index is 2.29. The second-order valence-electron chi connectivity index (χ2n) is 4.17. The molecule has 0 radical (unpaired) electrons. The Labute approximate surface area is 99.6 Å². The van der Waals surface area contributed by atoms with Crippen molar-refractivity contribution in [3.8, 4) is 0 Å². The number of rotatable bonds is 3. The molecule has 1 aromatic heterocycles. The zero-order valence-electron chi connectivity index (χ0n) is 9.45. The summed E-state index contributed by atoms with van der Waals surface area (Å²) in [6, 6.07) is 2.05. The van der Waals surface area contributed by atoms with E-state index in [2.05, 4.69) is 4.98 Å². The van der Waals surface area contributed by atoms with Gasteiger partial charge in [-0.25, -0.2) is 4.79 Å². The number of carboxylic acids is 1. The van der Waals surface area contributed by atoms with Crippen molar-refractivity contribution in [2.24, 2.45) is 0 Å². The summed E-state index contributed by atoms with van der Waals surface area (Å²) in [5.74, 6) is 1.91. The average Bonchev–Trinajstić information content (AvgIpc) is 2.74. The summed E-state index contributed by atoms with van der Waals surface area (Å²) in [6.07, 6.45) is 3.07. The Morgan fingerprint density at radius 3 is 2.81 bits per heavy atom. The number of aryl methyl sites for hydroxylation is 1. The highest BCUT2D eigenvalue weighted by molar-refractivity contribution is 7.99. The van der Waals surface area contributed by atoms with Crippen molar-refractivity contribution in [1.29, 1.82) is 0 Å². The third-order valence-electron chi connectivity index (χ3n) is 3.16. The third kappa shape index (κ3) is 2.26. The molecule has 3 nitrogen and oxygen atoms in total. The van der Waals surface area contributed by atoms with E-state index in [9.17, 15) is 4.79 Å². The first-order valence-corrected chi connectivity index (χ1v) is 6.90. The fourth-order valence-electron chi connectivity index (χ4n) is 2.23. The van der Waals surface area contributed by atoms with Gasteiger partial charge in [-0.15, -0.1) is 0 Å². The maximum atomic E-state index is 11.2. The van der Waals surface area contributed by atoms with Gasteiger partial charge in [0.25, 0.3) is 0 Å². The van der Waals surface area contributed by atoms with Crippen molar-refractivity contribution in [2.45, 2.75) is 32.1 Å². The molecular formula is C12H17NO2S. The molecule has 2 N–H and O–H groups in total. The minimum atomic E-state index is -0.826. The quantitative estimate of drug-likeness (QED) is 0.852. The normalized spacial score (nSPS) is 17.6. The molecule has 0 bridgehead atoms. The first-order chi connectivity index (χ1) is 7.72. The molecule has 2 heterocycles. The van der Waals surface area contributed by atoms with Crippen LogP contribution in [0.25, 0.3) is 0 Å². The fraction of sp³-hybridized carbons (Fsp3) is 0.583. The van der Waals surface area contributed by atoms with E-state index in [0.717, 1.165) is 42.0 Å². The summed E-state index contributed by atoms with van der Waals surface area (Å²) in [7, 11) is 0. The number of hydrogen-bond acceptors (Lipinski definition) is 2. The molecule has 0 unspecified atom stereocenters. The lowest BCUT2D eigenvalue weighted by atomic mass is 9.93. The van der Waals surface area contributed by atoms with Crippen LogP contribution in [-0.4, -0.2) is 27.6 Å². The standard InChI is InChI=1S/C12H17NO2S/c1-2-9-7-10(11(13-9)12(14)15)8-3-5-16-6-4-8/h7-8,13H,2-6H2,1H3,(H,14,15). The summed E-state index contributed by atoms with van der Waals surface area (Å²) >= 11 is 1.96. The van der Waals surface area contributed by atoms with E-state index in [4.69, 9.17) is 5.11 Å². The zero-order valence-corrected chi connectivity index (χ0v) is 10.3. The van der Waals surface area contributed by atoms with Gasteiger partial charge in [0.15, 0.2) is 0 Å². The maximum Gasteiger partial charge on any atom is 0.352 e. The number of hydrogen-bond donors (Lipinski definition) is 2. The molecular weight excluding hydrogens is 222 g/mol. The van der Waals surface area contributed by atoms with Crippen molar-refractivity contribution in [3.05, 3.63) is 23.0 Å². The molecule has 88 valence electrons.